The molecule has 30 heavy (non-hydrogen) atoms. The first kappa shape index (κ1) is 20.2. The number of rotatable bonds is 4. The van der Waals surface area contributed by atoms with Gasteiger partial charge in [0.1, 0.15) is 5.82 Å². The smallest absolute Gasteiger partial charge is 0.323 e. The number of anilines is 3. The molecule has 1 aromatic carbocycles. The number of benzene rings is 1. The Kier molecular flexibility index (Phi) is 6.47. The Morgan fingerprint density at radius 3 is 2.33 bits per heavy atom. The van der Waals surface area contributed by atoms with E-state index in [2.05, 4.69) is 20.5 Å². The minimum absolute atomic E-state index is 0.238. The number of para-hydroxylation sites is 1. The van der Waals surface area contributed by atoms with Crippen LogP contribution < -0.4 is 15.5 Å². The number of carbonyl (C=O) groups excluding carboxylic acids is 2. The normalized spacial score (nSPS) is 17.5. The molecule has 3 amide bonds. The van der Waals surface area contributed by atoms with Crippen molar-refractivity contribution in [3.63, 3.8) is 0 Å². The number of urea groups is 1. The molecule has 0 atom stereocenters. The molecule has 158 valence electrons. The van der Waals surface area contributed by atoms with Crippen LogP contribution in [0.15, 0.2) is 48.7 Å². The van der Waals surface area contributed by atoms with Crippen LogP contribution in [0.2, 0.25) is 0 Å². The number of amides is 3. The van der Waals surface area contributed by atoms with Crippen LogP contribution in [0, 0.1) is 5.92 Å². The van der Waals surface area contributed by atoms with E-state index >= 15 is 0 Å². The first-order valence-corrected chi connectivity index (χ1v) is 10.8. The van der Waals surface area contributed by atoms with Crippen LogP contribution in [0.4, 0.5) is 22.0 Å². The average Bonchev–Trinajstić information content (AvgIpc) is 3.19. The van der Waals surface area contributed by atoms with Gasteiger partial charge < -0.3 is 20.4 Å². The molecule has 2 aliphatic rings. The summed E-state index contributed by atoms with van der Waals surface area (Å²) in [5.41, 5.74) is 1.38. The van der Waals surface area contributed by atoms with Gasteiger partial charge in [-0.25, -0.2) is 9.78 Å². The number of nitrogens with one attached hydrogen (secondary N) is 2. The summed E-state index contributed by atoms with van der Waals surface area (Å²) in [6.07, 6.45) is 7.08. The molecular formula is C23H29N5O2. The van der Waals surface area contributed by atoms with Gasteiger partial charge in [-0.1, -0.05) is 31.0 Å². The van der Waals surface area contributed by atoms with Gasteiger partial charge in [-0.3, -0.25) is 4.79 Å². The standard InChI is InChI=1S/C23H29N5O2/c29-22(18-7-4-5-8-18)28-14-6-13-27(15-16-28)21-12-11-20(17-24-21)26-23(30)25-19-9-2-1-3-10-19/h1-3,9-12,17-18H,4-8,13-16H2,(H2,25,26,30). The molecule has 1 aliphatic heterocycles. The second kappa shape index (κ2) is 9.61. The fourth-order valence-corrected chi connectivity index (χ4v) is 4.26. The van der Waals surface area contributed by atoms with Crippen molar-refractivity contribution in [3.8, 4) is 0 Å². The van der Waals surface area contributed by atoms with Crippen LogP contribution in [0.5, 0.6) is 0 Å². The molecule has 0 unspecified atom stereocenters. The maximum Gasteiger partial charge on any atom is 0.323 e. The second-order valence-electron chi connectivity index (χ2n) is 8.00. The lowest BCUT2D eigenvalue weighted by Gasteiger charge is -2.25. The average molecular weight is 408 g/mol. The van der Waals surface area contributed by atoms with Gasteiger partial charge in [0.25, 0.3) is 0 Å². The topological polar surface area (TPSA) is 77.6 Å². The van der Waals surface area contributed by atoms with E-state index < -0.39 is 0 Å². The van der Waals surface area contributed by atoms with Gasteiger partial charge in [-0.2, -0.15) is 0 Å². The van der Waals surface area contributed by atoms with E-state index in [4.69, 9.17) is 0 Å². The lowest BCUT2D eigenvalue weighted by Crippen LogP contribution is -2.38. The summed E-state index contributed by atoms with van der Waals surface area (Å²) in [6.45, 7) is 3.23. The highest BCUT2D eigenvalue weighted by atomic mass is 16.2. The van der Waals surface area contributed by atoms with Crippen molar-refractivity contribution >= 4 is 29.1 Å². The van der Waals surface area contributed by atoms with Crippen molar-refractivity contribution in [3.05, 3.63) is 48.7 Å². The van der Waals surface area contributed by atoms with Gasteiger partial charge in [0.2, 0.25) is 5.91 Å². The van der Waals surface area contributed by atoms with Crippen LogP contribution in [0.1, 0.15) is 32.1 Å². The van der Waals surface area contributed by atoms with E-state index in [-0.39, 0.29) is 11.9 Å². The summed E-state index contributed by atoms with van der Waals surface area (Å²) in [6, 6.07) is 12.8. The molecule has 2 N–H and O–H groups in total. The third-order valence-electron chi connectivity index (χ3n) is 5.87. The van der Waals surface area contributed by atoms with Gasteiger partial charge in [-0.05, 0) is 43.5 Å². The lowest BCUT2D eigenvalue weighted by atomic mass is 10.1. The molecule has 2 aromatic rings. The summed E-state index contributed by atoms with van der Waals surface area (Å²) in [4.78, 5) is 33.6. The number of pyridine rings is 1. The Bertz CT molecular complexity index is 850. The number of carbonyl (C=O) groups is 2. The van der Waals surface area contributed by atoms with Crippen molar-refractivity contribution in [2.75, 3.05) is 41.7 Å². The van der Waals surface area contributed by atoms with Crippen molar-refractivity contribution in [1.29, 1.82) is 0 Å². The molecule has 4 rings (SSSR count). The van der Waals surface area contributed by atoms with Crippen LogP contribution in [-0.4, -0.2) is 48.0 Å². The highest BCUT2D eigenvalue weighted by Gasteiger charge is 2.28. The molecule has 0 bridgehead atoms. The zero-order valence-electron chi connectivity index (χ0n) is 17.2. The highest BCUT2D eigenvalue weighted by Crippen LogP contribution is 2.27. The minimum atomic E-state index is -0.299. The number of nitrogens with zero attached hydrogens (tertiary/aromatic N) is 3. The Balaban J connectivity index is 1.30. The fourth-order valence-electron chi connectivity index (χ4n) is 4.26. The summed E-state index contributed by atoms with van der Waals surface area (Å²) in [5, 5.41) is 5.59. The molecule has 2 fully saturated rings. The largest absolute Gasteiger partial charge is 0.355 e. The van der Waals surface area contributed by atoms with Crippen molar-refractivity contribution in [2.24, 2.45) is 5.92 Å². The van der Waals surface area contributed by atoms with Gasteiger partial charge in [0, 0.05) is 37.8 Å². The quantitative estimate of drug-likeness (QED) is 0.804. The molecule has 2 heterocycles. The Hall–Kier alpha value is -3.09. The molecule has 1 saturated heterocycles. The second-order valence-corrected chi connectivity index (χ2v) is 8.00. The predicted molar refractivity (Wildman–Crippen MR) is 119 cm³/mol. The number of hydrogen-bond donors (Lipinski definition) is 2. The fraction of sp³-hybridized carbons (Fsp3) is 0.435. The maximum absolute atomic E-state index is 12.7. The van der Waals surface area contributed by atoms with E-state index in [0.717, 1.165) is 56.9 Å². The minimum Gasteiger partial charge on any atom is -0.355 e. The van der Waals surface area contributed by atoms with Crippen molar-refractivity contribution < 1.29 is 9.59 Å². The van der Waals surface area contributed by atoms with E-state index in [1.807, 2.05) is 47.4 Å². The van der Waals surface area contributed by atoms with Crippen molar-refractivity contribution in [2.45, 2.75) is 32.1 Å². The molecule has 1 aliphatic carbocycles. The molecule has 0 spiro atoms. The molecule has 1 saturated carbocycles. The van der Waals surface area contributed by atoms with E-state index in [9.17, 15) is 9.59 Å². The molecular weight excluding hydrogens is 378 g/mol. The molecule has 0 radical (unpaired) electrons. The van der Waals surface area contributed by atoms with Crippen LogP contribution in [0.3, 0.4) is 0 Å². The van der Waals surface area contributed by atoms with Gasteiger partial charge in [-0.15, -0.1) is 0 Å². The molecule has 1 aromatic heterocycles. The van der Waals surface area contributed by atoms with Crippen molar-refractivity contribution in [1.82, 2.24) is 9.88 Å². The lowest BCUT2D eigenvalue weighted by molar-refractivity contribution is -0.135. The summed E-state index contributed by atoms with van der Waals surface area (Å²) >= 11 is 0. The first-order valence-electron chi connectivity index (χ1n) is 10.8. The zero-order chi connectivity index (χ0) is 20.8. The van der Waals surface area contributed by atoms with Gasteiger partial charge in [0.15, 0.2) is 0 Å². The van der Waals surface area contributed by atoms with Crippen LogP contribution in [-0.2, 0) is 4.79 Å². The summed E-state index contributed by atoms with van der Waals surface area (Å²) < 4.78 is 0. The van der Waals surface area contributed by atoms with Gasteiger partial charge in [0.05, 0.1) is 11.9 Å². The zero-order valence-corrected chi connectivity index (χ0v) is 17.2. The third-order valence-corrected chi connectivity index (χ3v) is 5.87. The monoisotopic (exact) mass is 407 g/mol. The summed E-state index contributed by atoms with van der Waals surface area (Å²) in [7, 11) is 0. The SMILES string of the molecule is O=C(Nc1ccccc1)Nc1ccc(N2CCCN(C(=O)C3CCCC3)CC2)nc1. The van der Waals surface area contributed by atoms with E-state index in [1.165, 1.54) is 12.8 Å². The maximum atomic E-state index is 12.7. The Labute approximate surface area is 177 Å². The summed E-state index contributed by atoms with van der Waals surface area (Å²) in [5.74, 6) is 1.45. The third kappa shape index (κ3) is 5.09. The highest BCUT2D eigenvalue weighted by molar-refractivity contribution is 5.99. The van der Waals surface area contributed by atoms with E-state index in [1.54, 1.807) is 6.20 Å². The van der Waals surface area contributed by atoms with Gasteiger partial charge >= 0.3 is 6.03 Å². The Morgan fingerprint density at radius 1 is 0.833 bits per heavy atom. The first-order chi connectivity index (χ1) is 14.7. The number of hydrogen-bond acceptors (Lipinski definition) is 4. The number of aromatic nitrogens is 1. The molecule has 7 heteroatoms. The Morgan fingerprint density at radius 2 is 1.60 bits per heavy atom. The molecule has 7 nitrogen and oxygen atoms in total. The van der Waals surface area contributed by atoms with E-state index in [0.29, 0.717) is 11.6 Å². The predicted octanol–water partition coefficient (Wildman–Crippen LogP) is 3.95. The van der Waals surface area contributed by atoms with Crippen LogP contribution >= 0.6 is 0 Å². The van der Waals surface area contributed by atoms with Crippen LogP contribution in [0.25, 0.3) is 0 Å².